The van der Waals surface area contributed by atoms with Gasteiger partial charge in [0.25, 0.3) is 0 Å². The van der Waals surface area contributed by atoms with Gasteiger partial charge in [-0.25, -0.2) is 9.78 Å². The number of imidazole rings is 1. The highest BCUT2D eigenvalue weighted by atomic mass is 35.5. The van der Waals surface area contributed by atoms with Crippen molar-refractivity contribution in [3.8, 4) is 0 Å². The van der Waals surface area contributed by atoms with Crippen molar-refractivity contribution in [1.82, 2.24) is 19.8 Å². The number of carbonyl (C=O) groups is 1. The van der Waals surface area contributed by atoms with E-state index in [-0.39, 0.29) is 6.03 Å². The van der Waals surface area contributed by atoms with E-state index in [1.54, 1.807) is 36.3 Å². The second-order valence-corrected chi connectivity index (χ2v) is 6.09. The molecular weight excluding hydrogens is 335 g/mol. The van der Waals surface area contributed by atoms with Gasteiger partial charge in [-0.05, 0) is 31.0 Å². The number of hydrogen-bond donors (Lipinski definition) is 1. The van der Waals surface area contributed by atoms with E-state index in [9.17, 15) is 4.79 Å². The van der Waals surface area contributed by atoms with Crippen LogP contribution in [0.4, 0.5) is 4.79 Å². The van der Waals surface area contributed by atoms with Gasteiger partial charge in [-0.1, -0.05) is 29.3 Å². The van der Waals surface area contributed by atoms with Gasteiger partial charge in [-0.15, -0.1) is 0 Å². The van der Waals surface area contributed by atoms with Crippen LogP contribution in [0.3, 0.4) is 0 Å². The molecule has 0 aliphatic rings. The first kappa shape index (κ1) is 17.6. The lowest BCUT2D eigenvalue weighted by Crippen LogP contribution is -2.39. The fourth-order valence-corrected chi connectivity index (χ4v) is 2.79. The summed E-state index contributed by atoms with van der Waals surface area (Å²) in [5.41, 5.74) is 0.854. The first-order chi connectivity index (χ1) is 11.0. The average Bonchev–Trinajstić information content (AvgIpc) is 2.92. The van der Waals surface area contributed by atoms with E-state index in [1.807, 2.05) is 17.7 Å². The number of aryl methyl sites for hydroxylation is 1. The Morgan fingerprint density at radius 3 is 2.65 bits per heavy atom. The highest BCUT2D eigenvalue weighted by Crippen LogP contribution is 2.24. The third kappa shape index (κ3) is 4.88. The monoisotopic (exact) mass is 354 g/mol. The molecule has 1 N–H and O–H groups in total. The number of urea groups is 1. The zero-order valence-corrected chi connectivity index (χ0v) is 14.7. The first-order valence-electron chi connectivity index (χ1n) is 7.38. The van der Waals surface area contributed by atoms with Crippen molar-refractivity contribution >= 4 is 29.2 Å². The molecule has 2 amide bonds. The standard InChI is InChI=1S/C16H20Cl2N4O/c1-12-19-8-9-22(12)11-10-21(2)16(23)20-7-6-13-14(17)4-3-5-15(13)18/h3-5,8-9H,6-7,10-11H2,1-2H3,(H,20,23). The van der Waals surface area contributed by atoms with E-state index in [0.29, 0.717) is 36.1 Å². The third-order valence-electron chi connectivity index (χ3n) is 3.66. The number of likely N-dealkylation sites (N-methyl/N-ethyl adjacent to an activating group) is 1. The largest absolute Gasteiger partial charge is 0.338 e. The van der Waals surface area contributed by atoms with Gasteiger partial charge in [0.1, 0.15) is 5.82 Å². The van der Waals surface area contributed by atoms with Gasteiger partial charge >= 0.3 is 6.03 Å². The van der Waals surface area contributed by atoms with Crippen LogP contribution in [0, 0.1) is 6.92 Å². The van der Waals surface area contributed by atoms with E-state index in [2.05, 4.69) is 10.3 Å². The van der Waals surface area contributed by atoms with Crippen molar-refractivity contribution in [2.24, 2.45) is 0 Å². The van der Waals surface area contributed by atoms with E-state index >= 15 is 0 Å². The third-order valence-corrected chi connectivity index (χ3v) is 4.37. The molecule has 0 bridgehead atoms. The molecule has 0 aliphatic carbocycles. The minimum absolute atomic E-state index is 0.119. The minimum atomic E-state index is -0.119. The van der Waals surface area contributed by atoms with Gasteiger partial charge in [0, 0.05) is 49.1 Å². The maximum Gasteiger partial charge on any atom is 0.317 e. The Bertz CT molecular complexity index is 652. The molecule has 0 atom stereocenters. The SMILES string of the molecule is Cc1nccn1CCN(C)C(=O)NCCc1c(Cl)cccc1Cl. The Morgan fingerprint density at radius 1 is 1.35 bits per heavy atom. The predicted molar refractivity (Wildman–Crippen MR) is 93.2 cm³/mol. The van der Waals surface area contributed by atoms with Crippen molar-refractivity contribution < 1.29 is 4.79 Å². The molecule has 0 radical (unpaired) electrons. The van der Waals surface area contributed by atoms with Gasteiger partial charge in [0.05, 0.1) is 0 Å². The van der Waals surface area contributed by atoms with Gasteiger partial charge in [0.15, 0.2) is 0 Å². The van der Waals surface area contributed by atoms with Crippen LogP contribution in [0.2, 0.25) is 10.0 Å². The highest BCUT2D eigenvalue weighted by Gasteiger charge is 2.10. The fourth-order valence-electron chi connectivity index (χ4n) is 2.20. The maximum atomic E-state index is 12.1. The molecule has 2 aromatic rings. The number of nitrogens with one attached hydrogen (secondary N) is 1. The van der Waals surface area contributed by atoms with Crippen LogP contribution in [0.15, 0.2) is 30.6 Å². The lowest BCUT2D eigenvalue weighted by molar-refractivity contribution is 0.207. The molecule has 0 saturated heterocycles. The van der Waals surface area contributed by atoms with Crippen molar-refractivity contribution in [3.63, 3.8) is 0 Å². The van der Waals surface area contributed by atoms with Crippen molar-refractivity contribution in [3.05, 3.63) is 52.0 Å². The number of amides is 2. The molecule has 23 heavy (non-hydrogen) atoms. The molecule has 1 aromatic heterocycles. The normalized spacial score (nSPS) is 10.6. The van der Waals surface area contributed by atoms with Crippen LogP contribution < -0.4 is 5.32 Å². The van der Waals surface area contributed by atoms with Crippen molar-refractivity contribution in [1.29, 1.82) is 0 Å². The second-order valence-electron chi connectivity index (χ2n) is 5.27. The summed E-state index contributed by atoms with van der Waals surface area (Å²) in [6.07, 6.45) is 4.25. The predicted octanol–water partition coefficient (Wildman–Crippen LogP) is 3.38. The van der Waals surface area contributed by atoms with Crippen LogP contribution in [-0.2, 0) is 13.0 Å². The van der Waals surface area contributed by atoms with Crippen LogP contribution in [-0.4, -0.2) is 40.6 Å². The zero-order valence-electron chi connectivity index (χ0n) is 13.2. The Hall–Kier alpha value is -1.72. The lowest BCUT2D eigenvalue weighted by atomic mass is 10.1. The molecule has 0 spiro atoms. The molecule has 124 valence electrons. The lowest BCUT2D eigenvalue weighted by Gasteiger charge is -2.19. The molecule has 5 nitrogen and oxygen atoms in total. The summed E-state index contributed by atoms with van der Waals surface area (Å²) < 4.78 is 2.01. The molecule has 7 heteroatoms. The zero-order chi connectivity index (χ0) is 16.8. The molecule has 0 saturated carbocycles. The Kier molecular flexibility index (Phi) is 6.30. The molecule has 0 aliphatic heterocycles. The molecule has 0 unspecified atom stereocenters. The maximum absolute atomic E-state index is 12.1. The molecule has 1 aromatic carbocycles. The second kappa shape index (κ2) is 8.22. The minimum Gasteiger partial charge on any atom is -0.338 e. The number of halogens is 2. The van der Waals surface area contributed by atoms with Gasteiger partial charge in [0.2, 0.25) is 0 Å². The Labute approximate surface area is 146 Å². The van der Waals surface area contributed by atoms with E-state index < -0.39 is 0 Å². The van der Waals surface area contributed by atoms with E-state index in [0.717, 1.165) is 11.4 Å². The van der Waals surface area contributed by atoms with Crippen molar-refractivity contribution in [2.75, 3.05) is 20.1 Å². The summed E-state index contributed by atoms with van der Waals surface area (Å²) in [6, 6.07) is 5.28. The average molecular weight is 355 g/mol. The number of rotatable bonds is 6. The van der Waals surface area contributed by atoms with Crippen LogP contribution in [0.5, 0.6) is 0 Å². The number of aromatic nitrogens is 2. The Morgan fingerprint density at radius 2 is 2.04 bits per heavy atom. The molecular formula is C16H20Cl2N4O. The van der Waals surface area contributed by atoms with Crippen LogP contribution in [0.1, 0.15) is 11.4 Å². The summed E-state index contributed by atoms with van der Waals surface area (Å²) in [5, 5.41) is 4.12. The quantitative estimate of drug-likeness (QED) is 0.864. The number of benzene rings is 1. The van der Waals surface area contributed by atoms with Crippen LogP contribution in [0.25, 0.3) is 0 Å². The number of nitrogens with zero attached hydrogens (tertiary/aromatic N) is 3. The molecule has 2 rings (SSSR count). The number of carbonyl (C=O) groups excluding carboxylic acids is 1. The number of hydrogen-bond acceptors (Lipinski definition) is 2. The smallest absolute Gasteiger partial charge is 0.317 e. The van der Waals surface area contributed by atoms with E-state index in [4.69, 9.17) is 23.2 Å². The molecule has 1 heterocycles. The summed E-state index contributed by atoms with van der Waals surface area (Å²) in [6.45, 7) is 3.74. The summed E-state index contributed by atoms with van der Waals surface area (Å²) in [7, 11) is 1.77. The van der Waals surface area contributed by atoms with E-state index in [1.165, 1.54) is 0 Å². The van der Waals surface area contributed by atoms with Crippen molar-refractivity contribution in [2.45, 2.75) is 19.9 Å². The van der Waals surface area contributed by atoms with Gasteiger partial charge < -0.3 is 14.8 Å². The summed E-state index contributed by atoms with van der Waals surface area (Å²) in [4.78, 5) is 17.9. The topological polar surface area (TPSA) is 50.2 Å². The first-order valence-corrected chi connectivity index (χ1v) is 8.14. The van der Waals surface area contributed by atoms with Gasteiger partial charge in [-0.2, -0.15) is 0 Å². The summed E-state index contributed by atoms with van der Waals surface area (Å²) in [5.74, 6) is 0.937. The van der Waals surface area contributed by atoms with Gasteiger partial charge in [-0.3, -0.25) is 0 Å². The Balaban J connectivity index is 1.77. The molecule has 0 fully saturated rings. The highest BCUT2D eigenvalue weighted by molar-refractivity contribution is 6.35. The summed E-state index contributed by atoms with van der Waals surface area (Å²) >= 11 is 12.2. The fraction of sp³-hybridized carbons (Fsp3) is 0.375. The van der Waals surface area contributed by atoms with Crippen LogP contribution >= 0.6 is 23.2 Å².